The Kier molecular flexibility index (Phi) is 3.55. The van der Waals surface area contributed by atoms with E-state index in [2.05, 4.69) is 30.2 Å². The molecule has 2 aromatic heterocycles. The van der Waals surface area contributed by atoms with Crippen LogP contribution >= 0.6 is 0 Å². The van der Waals surface area contributed by atoms with Crippen molar-refractivity contribution in [3.63, 3.8) is 0 Å². The Balaban J connectivity index is 1.61. The number of nitrogens with zero attached hydrogens (tertiary/aromatic N) is 6. The molecule has 1 N–H and O–H groups in total. The molecule has 2 aliphatic rings. The molecule has 2 aromatic rings. The normalized spacial score (nSPS) is 19.2. The van der Waals surface area contributed by atoms with E-state index in [-0.39, 0.29) is 5.91 Å². The number of carbonyl (C=O) groups excluding carboxylic acids is 1. The summed E-state index contributed by atoms with van der Waals surface area (Å²) in [7, 11) is 3.77. The number of aromatic nitrogens is 3. The third-order valence-electron chi connectivity index (χ3n) is 4.88. The summed E-state index contributed by atoms with van der Waals surface area (Å²) < 4.78 is 0. The molecule has 1 fully saturated rings. The first-order valence-electron chi connectivity index (χ1n) is 8.40. The molecule has 0 atom stereocenters. The van der Waals surface area contributed by atoms with Gasteiger partial charge in [0.1, 0.15) is 17.4 Å². The molecule has 0 unspecified atom stereocenters. The molecular formula is C17H21N7O. The monoisotopic (exact) mass is 339 g/mol. The van der Waals surface area contributed by atoms with Crippen molar-refractivity contribution in [1.29, 1.82) is 0 Å². The van der Waals surface area contributed by atoms with E-state index < -0.39 is 5.54 Å². The minimum Gasteiger partial charge on any atom is -0.354 e. The molecule has 0 bridgehead atoms. The Hall–Kier alpha value is -2.77. The maximum absolute atomic E-state index is 12.5. The quantitative estimate of drug-likeness (QED) is 0.824. The first kappa shape index (κ1) is 15.7. The second-order valence-corrected chi connectivity index (χ2v) is 6.82. The lowest BCUT2D eigenvalue weighted by Crippen LogP contribution is -2.49. The van der Waals surface area contributed by atoms with E-state index >= 15 is 0 Å². The Morgan fingerprint density at radius 2 is 1.96 bits per heavy atom. The number of fused-ring (bicyclic) bond motifs is 1. The SMILES string of the molecule is Cc1ccc2ncnc(N3CCC4(CC3)N=C(N(C)C)NC4=O)c2n1. The number of amides is 1. The molecule has 1 amide bonds. The summed E-state index contributed by atoms with van der Waals surface area (Å²) in [6, 6.07) is 3.91. The van der Waals surface area contributed by atoms with E-state index in [1.807, 2.05) is 38.1 Å². The fraction of sp³-hybridized carbons (Fsp3) is 0.471. The molecule has 4 rings (SSSR count). The molecule has 0 aromatic carbocycles. The third kappa shape index (κ3) is 2.57. The minimum absolute atomic E-state index is 0.00244. The fourth-order valence-electron chi connectivity index (χ4n) is 3.39. The highest BCUT2D eigenvalue weighted by atomic mass is 16.2. The zero-order valence-corrected chi connectivity index (χ0v) is 14.7. The van der Waals surface area contributed by atoms with Crippen LogP contribution < -0.4 is 10.2 Å². The molecule has 2 aliphatic heterocycles. The van der Waals surface area contributed by atoms with Crippen LogP contribution in [0.4, 0.5) is 5.82 Å². The average molecular weight is 339 g/mol. The molecule has 25 heavy (non-hydrogen) atoms. The zero-order chi connectivity index (χ0) is 17.6. The summed E-state index contributed by atoms with van der Waals surface area (Å²) >= 11 is 0. The van der Waals surface area contributed by atoms with Crippen LogP contribution in [0, 0.1) is 6.92 Å². The lowest BCUT2D eigenvalue weighted by molar-refractivity contribution is -0.124. The van der Waals surface area contributed by atoms with Crippen molar-refractivity contribution in [2.75, 3.05) is 32.1 Å². The first-order chi connectivity index (χ1) is 12.0. The van der Waals surface area contributed by atoms with E-state index in [0.29, 0.717) is 31.9 Å². The number of hydrogen-bond donors (Lipinski definition) is 1. The molecule has 0 saturated carbocycles. The number of pyridine rings is 1. The number of hydrogen-bond acceptors (Lipinski definition) is 7. The summed E-state index contributed by atoms with van der Waals surface area (Å²) in [4.78, 5) is 34.5. The molecule has 130 valence electrons. The van der Waals surface area contributed by atoms with Crippen molar-refractivity contribution in [3.05, 3.63) is 24.2 Å². The highest BCUT2D eigenvalue weighted by Gasteiger charge is 2.46. The number of piperidine rings is 1. The van der Waals surface area contributed by atoms with E-state index in [0.717, 1.165) is 22.5 Å². The summed E-state index contributed by atoms with van der Waals surface area (Å²) in [5.41, 5.74) is 1.93. The Labute approximate surface area is 146 Å². The number of guanidine groups is 1. The van der Waals surface area contributed by atoms with Crippen molar-refractivity contribution in [2.45, 2.75) is 25.3 Å². The molecule has 0 aliphatic carbocycles. The van der Waals surface area contributed by atoms with E-state index in [1.165, 1.54) is 0 Å². The van der Waals surface area contributed by atoms with E-state index in [1.54, 1.807) is 6.33 Å². The van der Waals surface area contributed by atoms with Crippen LogP contribution in [0.1, 0.15) is 18.5 Å². The van der Waals surface area contributed by atoms with Gasteiger partial charge < -0.3 is 9.80 Å². The maximum Gasteiger partial charge on any atom is 0.254 e. The molecule has 0 radical (unpaired) electrons. The number of carbonyl (C=O) groups is 1. The van der Waals surface area contributed by atoms with Gasteiger partial charge >= 0.3 is 0 Å². The standard InChI is InChI=1S/C17H21N7O/c1-11-4-5-12-13(20-11)14(19-10-18-12)24-8-6-17(7-9-24)15(25)21-16(22-17)23(2)3/h4-5,10H,6-9H2,1-3H3,(H,21,22,25). The highest BCUT2D eigenvalue weighted by molar-refractivity contribution is 6.07. The van der Waals surface area contributed by atoms with Crippen molar-refractivity contribution >= 4 is 28.7 Å². The fourth-order valence-corrected chi connectivity index (χ4v) is 3.39. The summed E-state index contributed by atoms with van der Waals surface area (Å²) in [6.07, 6.45) is 2.89. The van der Waals surface area contributed by atoms with Crippen molar-refractivity contribution in [3.8, 4) is 0 Å². The van der Waals surface area contributed by atoms with Gasteiger partial charge in [0.2, 0.25) is 5.96 Å². The van der Waals surface area contributed by atoms with Gasteiger partial charge in [-0.1, -0.05) is 0 Å². The molecule has 4 heterocycles. The molecule has 1 spiro atoms. The lowest BCUT2D eigenvalue weighted by atomic mass is 9.88. The topological polar surface area (TPSA) is 86.6 Å². The molecule has 8 heteroatoms. The van der Waals surface area contributed by atoms with E-state index in [9.17, 15) is 4.79 Å². The number of nitrogens with one attached hydrogen (secondary N) is 1. The molecule has 8 nitrogen and oxygen atoms in total. The average Bonchev–Trinajstić information content (AvgIpc) is 2.92. The van der Waals surface area contributed by atoms with Gasteiger partial charge in [-0.3, -0.25) is 10.1 Å². The van der Waals surface area contributed by atoms with Crippen molar-refractivity contribution in [2.24, 2.45) is 4.99 Å². The smallest absolute Gasteiger partial charge is 0.254 e. The van der Waals surface area contributed by atoms with Crippen LogP contribution in [0.5, 0.6) is 0 Å². The predicted octanol–water partition coefficient (Wildman–Crippen LogP) is 0.720. The lowest BCUT2D eigenvalue weighted by Gasteiger charge is -2.36. The van der Waals surface area contributed by atoms with Gasteiger partial charge in [0.15, 0.2) is 5.82 Å². The number of aryl methyl sites for hydroxylation is 1. The van der Waals surface area contributed by atoms with Gasteiger partial charge in [-0.25, -0.2) is 19.9 Å². The van der Waals surface area contributed by atoms with Crippen molar-refractivity contribution < 1.29 is 4.79 Å². The van der Waals surface area contributed by atoms with Crippen LogP contribution in [0.15, 0.2) is 23.5 Å². The van der Waals surface area contributed by atoms with Gasteiger partial charge in [-0.05, 0) is 31.9 Å². The van der Waals surface area contributed by atoms with Crippen LogP contribution in [0.2, 0.25) is 0 Å². The van der Waals surface area contributed by atoms with Crippen LogP contribution in [0.25, 0.3) is 11.0 Å². The largest absolute Gasteiger partial charge is 0.354 e. The van der Waals surface area contributed by atoms with Gasteiger partial charge in [-0.15, -0.1) is 0 Å². The number of rotatable bonds is 1. The van der Waals surface area contributed by atoms with Gasteiger partial charge in [0.25, 0.3) is 5.91 Å². The zero-order valence-electron chi connectivity index (χ0n) is 14.7. The van der Waals surface area contributed by atoms with Crippen molar-refractivity contribution in [1.82, 2.24) is 25.2 Å². The van der Waals surface area contributed by atoms with E-state index in [4.69, 9.17) is 0 Å². The van der Waals surface area contributed by atoms with Gasteiger partial charge in [0.05, 0.1) is 5.52 Å². The molecular weight excluding hydrogens is 318 g/mol. The van der Waals surface area contributed by atoms with Crippen LogP contribution in [-0.4, -0.2) is 64.4 Å². The van der Waals surface area contributed by atoms with Gasteiger partial charge in [0, 0.05) is 32.9 Å². The second-order valence-electron chi connectivity index (χ2n) is 6.82. The second kappa shape index (κ2) is 5.65. The maximum atomic E-state index is 12.5. The summed E-state index contributed by atoms with van der Waals surface area (Å²) in [6.45, 7) is 3.38. The summed E-state index contributed by atoms with van der Waals surface area (Å²) in [5, 5.41) is 2.89. The van der Waals surface area contributed by atoms with Crippen LogP contribution in [0.3, 0.4) is 0 Å². The number of aliphatic imine (C=N–C) groups is 1. The summed E-state index contributed by atoms with van der Waals surface area (Å²) in [5.74, 6) is 1.47. The highest BCUT2D eigenvalue weighted by Crippen LogP contribution is 2.33. The van der Waals surface area contributed by atoms with Gasteiger partial charge in [-0.2, -0.15) is 0 Å². The Morgan fingerprint density at radius 3 is 2.64 bits per heavy atom. The Bertz CT molecular complexity index is 868. The third-order valence-corrected chi connectivity index (χ3v) is 4.88. The minimum atomic E-state index is -0.651. The van der Waals surface area contributed by atoms with Crippen LogP contribution in [-0.2, 0) is 4.79 Å². The Morgan fingerprint density at radius 1 is 1.20 bits per heavy atom. The first-order valence-corrected chi connectivity index (χ1v) is 8.40. The number of anilines is 1. The molecule has 1 saturated heterocycles. The predicted molar refractivity (Wildman–Crippen MR) is 95.5 cm³/mol.